The van der Waals surface area contributed by atoms with E-state index in [2.05, 4.69) is 0 Å². The zero-order valence-corrected chi connectivity index (χ0v) is 21.1. The lowest BCUT2D eigenvalue weighted by Crippen LogP contribution is -2.58. The SMILES string of the molecule is COC[C@@H]1/C=C/COc2cc(F)c(F)c3c2[C@@H](c2ccccc2SC3)N2CN1C(=O)c1c(O)c(=O)ccn12. The number of fused-ring (bicyclic) bond motifs is 7. The van der Waals surface area contributed by atoms with Gasteiger partial charge < -0.3 is 19.5 Å². The van der Waals surface area contributed by atoms with E-state index in [-0.39, 0.29) is 42.6 Å². The fourth-order valence-corrected chi connectivity index (χ4v) is 6.37. The minimum absolute atomic E-state index is 0.00590. The number of rotatable bonds is 2. The van der Waals surface area contributed by atoms with Gasteiger partial charge in [0.2, 0.25) is 5.43 Å². The Bertz CT molecular complexity index is 1540. The lowest BCUT2D eigenvalue weighted by molar-refractivity contribution is 0.0517. The van der Waals surface area contributed by atoms with Crippen LogP contribution in [0.4, 0.5) is 8.78 Å². The van der Waals surface area contributed by atoms with Crippen LogP contribution in [0.5, 0.6) is 11.5 Å². The highest BCUT2D eigenvalue weighted by Crippen LogP contribution is 2.47. The molecule has 0 unspecified atom stereocenters. The summed E-state index contributed by atoms with van der Waals surface area (Å²) in [6, 6.07) is 8.38. The second kappa shape index (κ2) is 9.48. The maximum Gasteiger partial charge on any atom is 0.278 e. The Morgan fingerprint density at radius 1 is 1.21 bits per heavy atom. The molecule has 38 heavy (non-hydrogen) atoms. The van der Waals surface area contributed by atoms with Gasteiger partial charge in [0.05, 0.1) is 12.6 Å². The van der Waals surface area contributed by atoms with Crippen LogP contribution >= 0.6 is 11.8 Å². The molecule has 196 valence electrons. The molecule has 3 aliphatic heterocycles. The second-order valence-electron chi connectivity index (χ2n) is 9.13. The molecule has 8 nitrogen and oxygen atoms in total. The van der Waals surface area contributed by atoms with Crippen LogP contribution in [0.2, 0.25) is 0 Å². The maximum atomic E-state index is 15.4. The molecule has 0 fully saturated rings. The molecule has 1 aromatic heterocycles. The normalized spacial score (nSPS) is 20.9. The zero-order valence-electron chi connectivity index (χ0n) is 20.3. The van der Waals surface area contributed by atoms with Gasteiger partial charge >= 0.3 is 0 Å². The van der Waals surface area contributed by atoms with Gasteiger partial charge in [-0.25, -0.2) is 8.78 Å². The first-order valence-electron chi connectivity index (χ1n) is 11.9. The predicted octanol–water partition coefficient (Wildman–Crippen LogP) is 3.54. The molecular weight excluding hydrogens is 516 g/mol. The summed E-state index contributed by atoms with van der Waals surface area (Å²) in [6.45, 7) is 0.165. The Hall–Kier alpha value is -3.83. The number of aromatic nitrogens is 1. The number of pyridine rings is 1. The molecule has 2 aromatic carbocycles. The van der Waals surface area contributed by atoms with Crippen LogP contribution in [-0.2, 0) is 10.5 Å². The monoisotopic (exact) mass is 539 g/mol. The van der Waals surface area contributed by atoms with E-state index in [4.69, 9.17) is 9.47 Å². The van der Waals surface area contributed by atoms with Crippen LogP contribution in [0.1, 0.15) is 33.2 Å². The highest BCUT2D eigenvalue weighted by Gasteiger charge is 2.42. The maximum absolute atomic E-state index is 15.4. The molecule has 4 heterocycles. The van der Waals surface area contributed by atoms with E-state index in [9.17, 15) is 19.1 Å². The van der Waals surface area contributed by atoms with Crippen molar-refractivity contribution in [3.05, 3.63) is 99.0 Å². The summed E-state index contributed by atoms with van der Waals surface area (Å²) < 4.78 is 43.1. The minimum atomic E-state index is -1.02. The van der Waals surface area contributed by atoms with E-state index in [1.165, 1.54) is 40.7 Å². The number of hydrogen-bond acceptors (Lipinski definition) is 7. The molecule has 1 amide bonds. The third-order valence-electron chi connectivity index (χ3n) is 7.00. The molecule has 2 bridgehead atoms. The van der Waals surface area contributed by atoms with Gasteiger partial charge in [-0.3, -0.25) is 19.3 Å². The third-order valence-corrected chi connectivity index (χ3v) is 8.12. The molecule has 0 spiro atoms. The summed E-state index contributed by atoms with van der Waals surface area (Å²) in [4.78, 5) is 28.5. The van der Waals surface area contributed by atoms with Crippen LogP contribution in [-0.4, -0.2) is 53.6 Å². The fourth-order valence-electron chi connectivity index (χ4n) is 5.27. The van der Waals surface area contributed by atoms with Crippen LogP contribution < -0.4 is 15.2 Å². The summed E-state index contributed by atoms with van der Waals surface area (Å²) in [5.74, 6) is -2.91. The lowest BCUT2D eigenvalue weighted by atomic mass is 9.92. The van der Waals surface area contributed by atoms with E-state index in [1.54, 1.807) is 17.2 Å². The minimum Gasteiger partial charge on any atom is -0.502 e. The number of thioether (sulfide) groups is 1. The third kappa shape index (κ3) is 3.76. The topological polar surface area (TPSA) is 84.2 Å². The van der Waals surface area contributed by atoms with Crippen LogP contribution in [0, 0.1) is 11.6 Å². The van der Waals surface area contributed by atoms with E-state index in [0.29, 0.717) is 5.56 Å². The van der Waals surface area contributed by atoms with Crippen LogP contribution in [0.3, 0.4) is 0 Å². The van der Waals surface area contributed by atoms with Crippen LogP contribution in [0.25, 0.3) is 0 Å². The molecule has 0 radical (unpaired) electrons. The number of ether oxygens (including phenoxy) is 2. The highest BCUT2D eigenvalue weighted by atomic mass is 32.2. The number of benzene rings is 2. The molecular formula is C27H23F2N3O5S. The molecule has 2 atom stereocenters. The summed E-state index contributed by atoms with van der Waals surface area (Å²) in [5.41, 5.74) is 0.417. The first-order chi connectivity index (χ1) is 18.4. The molecule has 0 aliphatic carbocycles. The number of carbonyl (C=O) groups is 1. The van der Waals surface area contributed by atoms with Gasteiger partial charge in [0.15, 0.2) is 23.1 Å². The summed E-state index contributed by atoms with van der Waals surface area (Å²) in [5, 5.41) is 12.5. The number of aromatic hydroxyl groups is 1. The van der Waals surface area contributed by atoms with Gasteiger partial charge in [-0.1, -0.05) is 24.3 Å². The van der Waals surface area contributed by atoms with Gasteiger partial charge in [0.25, 0.3) is 5.91 Å². The quantitative estimate of drug-likeness (QED) is 0.499. The van der Waals surface area contributed by atoms with Gasteiger partial charge in [0, 0.05) is 47.2 Å². The second-order valence-corrected chi connectivity index (χ2v) is 10.1. The van der Waals surface area contributed by atoms with Gasteiger partial charge in [-0.05, 0) is 17.7 Å². The largest absolute Gasteiger partial charge is 0.502 e. The van der Waals surface area contributed by atoms with E-state index >= 15 is 4.39 Å². The predicted molar refractivity (Wildman–Crippen MR) is 136 cm³/mol. The van der Waals surface area contributed by atoms with E-state index in [0.717, 1.165) is 16.5 Å². The summed E-state index contributed by atoms with van der Waals surface area (Å²) in [7, 11) is 1.50. The summed E-state index contributed by atoms with van der Waals surface area (Å²) in [6.07, 6.45) is 4.82. The van der Waals surface area contributed by atoms with Crippen molar-refractivity contribution in [2.24, 2.45) is 0 Å². The highest BCUT2D eigenvalue weighted by molar-refractivity contribution is 7.98. The smallest absolute Gasteiger partial charge is 0.278 e. The number of amides is 1. The molecule has 3 aromatic rings. The Morgan fingerprint density at radius 3 is 2.84 bits per heavy atom. The summed E-state index contributed by atoms with van der Waals surface area (Å²) >= 11 is 1.37. The zero-order chi connectivity index (χ0) is 26.6. The average molecular weight is 540 g/mol. The van der Waals surface area contributed by atoms with E-state index in [1.807, 2.05) is 24.3 Å². The number of halogens is 2. The van der Waals surface area contributed by atoms with Crippen molar-refractivity contribution in [3.63, 3.8) is 0 Å². The van der Waals surface area contributed by atoms with Crippen molar-refractivity contribution in [3.8, 4) is 11.5 Å². The average Bonchev–Trinajstić information content (AvgIpc) is 3.09. The first-order valence-corrected chi connectivity index (χ1v) is 12.9. The Kier molecular flexibility index (Phi) is 6.11. The fraction of sp³-hybridized carbons (Fsp3) is 0.259. The van der Waals surface area contributed by atoms with Crippen LogP contribution in [0.15, 0.2) is 64.4 Å². The standard InChI is InChI=1S/C27H23F2N3O5S/c1-36-12-15-5-4-10-37-20-11-18(28)23(29)17-13-38-21-7-3-2-6-16(21)24(22(17)20)32-14-30(15)27(35)25-26(34)19(33)8-9-31(25)32/h2-9,11,15,24,34H,10,12-14H2,1H3/b5-4+/t15-,24+/m0/s1. The lowest BCUT2D eigenvalue weighted by Gasteiger charge is -2.46. The number of carbonyl (C=O) groups excluding carboxylic acids is 1. The molecule has 3 aliphatic rings. The first kappa shape index (κ1) is 24.5. The molecule has 0 saturated carbocycles. The Balaban J connectivity index is 1.70. The molecule has 6 rings (SSSR count). The Morgan fingerprint density at radius 2 is 2.03 bits per heavy atom. The van der Waals surface area contributed by atoms with Crippen molar-refractivity contribution in [2.45, 2.75) is 22.7 Å². The number of nitrogens with zero attached hydrogens (tertiary/aromatic N) is 3. The molecule has 1 N–H and O–H groups in total. The van der Waals surface area contributed by atoms with E-state index < -0.39 is 40.8 Å². The van der Waals surface area contributed by atoms with Crippen molar-refractivity contribution in [2.75, 3.05) is 32.0 Å². The number of methoxy groups -OCH3 is 1. The van der Waals surface area contributed by atoms with Crippen molar-refractivity contribution in [1.29, 1.82) is 0 Å². The Labute approximate surface area is 220 Å². The van der Waals surface area contributed by atoms with Crippen molar-refractivity contribution >= 4 is 17.7 Å². The van der Waals surface area contributed by atoms with Crippen molar-refractivity contribution < 1.29 is 28.2 Å². The van der Waals surface area contributed by atoms with Crippen molar-refractivity contribution in [1.82, 2.24) is 9.58 Å². The molecule has 11 heteroatoms. The van der Waals surface area contributed by atoms with Gasteiger partial charge in [-0.15, -0.1) is 11.8 Å². The van der Waals surface area contributed by atoms with Gasteiger partial charge in [-0.2, -0.15) is 0 Å². The van der Waals surface area contributed by atoms with Gasteiger partial charge in [0.1, 0.15) is 25.1 Å². The molecule has 0 saturated heterocycles. The number of hydrogen-bond donors (Lipinski definition) is 1.